The first-order chi connectivity index (χ1) is 19.3. The lowest BCUT2D eigenvalue weighted by molar-refractivity contribution is -0.151. The van der Waals surface area contributed by atoms with E-state index < -0.39 is 51.8 Å². The molecule has 6 atom stereocenters. The topological polar surface area (TPSA) is 170 Å². The van der Waals surface area contributed by atoms with Crippen molar-refractivity contribution in [3.8, 4) is 0 Å². The fraction of sp³-hybridized carbons (Fsp3) is 0.769. The minimum absolute atomic E-state index is 0.0915. The lowest BCUT2D eigenvalue weighted by Crippen LogP contribution is -2.56. The van der Waals surface area contributed by atoms with E-state index in [1.807, 2.05) is 0 Å². The monoisotopic (exact) mass is 647 g/mol. The second-order valence-electron chi connectivity index (χ2n) is 12.6. The van der Waals surface area contributed by atoms with Gasteiger partial charge in [0, 0.05) is 0 Å². The van der Waals surface area contributed by atoms with Crippen molar-refractivity contribution < 1.29 is 37.4 Å². The van der Waals surface area contributed by atoms with Crippen molar-refractivity contribution in [3.05, 3.63) is 12.7 Å². The number of carbonyl (C=O) groups excluding carboxylic acids is 1. The van der Waals surface area contributed by atoms with Crippen molar-refractivity contribution >= 4 is 50.6 Å². The number of anilines is 1. The molecule has 0 radical (unpaired) electrons. The van der Waals surface area contributed by atoms with Gasteiger partial charge in [-0.1, -0.05) is 27.7 Å². The summed E-state index contributed by atoms with van der Waals surface area (Å²) in [5.41, 5.74) is 5.56. The summed E-state index contributed by atoms with van der Waals surface area (Å²) in [6, 6.07) is 0. The predicted octanol–water partition coefficient (Wildman–Crippen LogP) is 4.58. The van der Waals surface area contributed by atoms with Crippen molar-refractivity contribution in [2.75, 3.05) is 30.7 Å². The molecule has 0 amide bonds. The molecule has 238 valence electrons. The average molecular weight is 648 g/mol. The maximum atomic E-state index is 13.8. The maximum absolute atomic E-state index is 13.8. The minimum atomic E-state index is -3.80. The number of aliphatic hydroxyl groups is 1. The predicted molar refractivity (Wildman–Crippen MR) is 165 cm³/mol. The first-order valence-electron chi connectivity index (χ1n) is 13.9. The highest BCUT2D eigenvalue weighted by molar-refractivity contribution is 7.98. The molecule has 3 N–H and O–H groups in total. The molecule has 0 bridgehead atoms. The minimum Gasteiger partial charge on any atom is -0.463 e. The van der Waals surface area contributed by atoms with Crippen LogP contribution in [0.4, 0.5) is 5.82 Å². The summed E-state index contributed by atoms with van der Waals surface area (Å²) in [5, 5.41) is 11.6. The molecule has 1 fully saturated rings. The molecule has 2 aromatic heterocycles. The molecule has 13 nitrogen and oxygen atoms in total. The van der Waals surface area contributed by atoms with E-state index in [9.17, 15) is 14.5 Å². The Hall–Kier alpha value is -1.58. The standard InChI is InChI=1S/C26H46N5O8PSSi/c1-16(2)37-23(33)17(3)12-40(34,36-15-41-8)35-11-18-20(32)26(7,39-42(9,10)25(4,5)6)24(38-18)31-14-30-19-21(27)28-13-29-22(19)31/h13-14,16-18,20,24,32H,11-12,15H2,1-10H3,(H2,27,28,29)/t17?,18-,20?,24-,26+,40?/m1/s1. The van der Waals surface area contributed by atoms with E-state index in [1.165, 1.54) is 24.4 Å². The van der Waals surface area contributed by atoms with Gasteiger partial charge in [-0.15, -0.1) is 11.8 Å². The molecule has 2 aromatic rings. The fourth-order valence-electron chi connectivity index (χ4n) is 4.44. The summed E-state index contributed by atoms with van der Waals surface area (Å²) in [6.07, 6.45) is 1.09. The number of aliphatic hydroxyl groups excluding tert-OH is 1. The Labute approximate surface area is 253 Å². The number of thioether (sulfide) groups is 1. The van der Waals surface area contributed by atoms with Crippen LogP contribution in [-0.4, -0.2) is 87.8 Å². The summed E-state index contributed by atoms with van der Waals surface area (Å²) < 4.78 is 45.5. The van der Waals surface area contributed by atoms with E-state index in [0.717, 1.165) is 0 Å². The normalized spacial score (nSPS) is 25.6. The van der Waals surface area contributed by atoms with Gasteiger partial charge in [-0.2, -0.15) is 0 Å². The molecule has 16 heteroatoms. The van der Waals surface area contributed by atoms with E-state index in [0.29, 0.717) is 11.2 Å². The second kappa shape index (κ2) is 13.2. The highest BCUT2D eigenvalue weighted by Gasteiger charge is 2.59. The SMILES string of the molecule is CSCOP(=O)(CC(C)C(=O)OC(C)C)OC[C@H]1O[C@@H](n2cnc3c(N)ncnc32)[C@@](C)(O[Si](C)(C)C(C)(C)C)C1O. The van der Waals surface area contributed by atoms with Crippen LogP contribution in [0.1, 0.15) is 54.7 Å². The van der Waals surface area contributed by atoms with Gasteiger partial charge >= 0.3 is 13.6 Å². The number of hydrogen-bond acceptors (Lipinski definition) is 13. The molecule has 0 saturated carbocycles. The molecule has 0 spiro atoms. The largest absolute Gasteiger partial charge is 0.463 e. The molecule has 1 aliphatic heterocycles. The van der Waals surface area contributed by atoms with Gasteiger partial charge in [0.2, 0.25) is 0 Å². The zero-order valence-corrected chi connectivity index (χ0v) is 28.9. The van der Waals surface area contributed by atoms with E-state index >= 15 is 0 Å². The van der Waals surface area contributed by atoms with E-state index in [1.54, 1.807) is 38.5 Å². The summed E-state index contributed by atoms with van der Waals surface area (Å²) in [5.74, 6) is -0.936. The third-order valence-corrected chi connectivity index (χ3v) is 14.9. The van der Waals surface area contributed by atoms with Gasteiger partial charge in [-0.3, -0.25) is 18.5 Å². The Bertz CT molecular complexity index is 1290. The van der Waals surface area contributed by atoms with Crippen LogP contribution in [0.5, 0.6) is 0 Å². The lowest BCUT2D eigenvalue weighted by Gasteiger charge is -2.45. The quantitative estimate of drug-likeness (QED) is 0.134. The van der Waals surface area contributed by atoms with Gasteiger partial charge in [0.05, 0.1) is 31.1 Å². The Morgan fingerprint density at radius 3 is 2.52 bits per heavy atom. The van der Waals surface area contributed by atoms with Crippen LogP contribution in [0, 0.1) is 5.92 Å². The van der Waals surface area contributed by atoms with Crippen molar-refractivity contribution in [2.45, 2.75) is 96.7 Å². The summed E-state index contributed by atoms with van der Waals surface area (Å²) in [7, 11) is -6.28. The maximum Gasteiger partial charge on any atom is 0.332 e. The van der Waals surface area contributed by atoms with Crippen LogP contribution in [0.15, 0.2) is 12.7 Å². The van der Waals surface area contributed by atoms with Crippen LogP contribution in [0.25, 0.3) is 11.2 Å². The van der Waals surface area contributed by atoms with Gasteiger partial charge in [0.25, 0.3) is 0 Å². The van der Waals surface area contributed by atoms with E-state index in [2.05, 4.69) is 48.8 Å². The number of nitrogen functional groups attached to an aromatic ring is 1. The second-order valence-corrected chi connectivity index (χ2v) is 20.3. The molecule has 3 heterocycles. The Morgan fingerprint density at radius 1 is 1.26 bits per heavy atom. The Morgan fingerprint density at radius 2 is 1.93 bits per heavy atom. The number of fused-ring (bicyclic) bond motifs is 1. The molecule has 3 rings (SSSR count). The van der Waals surface area contributed by atoms with Crippen molar-refractivity contribution in [1.82, 2.24) is 19.5 Å². The Balaban J connectivity index is 1.94. The highest BCUT2D eigenvalue weighted by atomic mass is 32.2. The van der Waals surface area contributed by atoms with E-state index in [-0.39, 0.29) is 35.7 Å². The van der Waals surface area contributed by atoms with Crippen molar-refractivity contribution in [3.63, 3.8) is 0 Å². The highest BCUT2D eigenvalue weighted by Crippen LogP contribution is 2.53. The van der Waals surface area contributed by atoms with Crippen LogP contribution in [0.2, 0.25) is 18.1 Å². The number of hydrogen-bond donors (Lipinski definition) is 2. The number of carbonyl (C=O) groups is 1. The number of rotatable bonds is 13. The molecule has 0 aromatic carbocycles. The third-order valence-electron chi connectivity index (χ3n) is 7.71. The first kappa shape index (κ1) is 34.9. The average Bonchev–Trinajstić information content (AvgIpc) is 3.40. The fourth-order valence-corrected chi connectivity index (χ4v) is 8.61. The lowest BCUT2D eigenvalue weighted by atomic mass is 9.96. The van der Waals surface area contributed by atoms with Gasteiger partial charge in [-0.25, -0.2) is 15.0 Å². The summed E-state index contributed by atoms with van der Waals surface area (Å²) >= 11 is 1.32. The number of esters is 1. The van der Waals surface area contributed by atoms with Crippen molar-refractivity contribution in [2.24, 2.45) is 5.92 Å². The third kappa shape index (κ3) is 7.55. The zero-order valence-electron chi connectivity index (χ0n) is 26.2. The van der Waals surface area contributed by atoms with Crippen LogP contribution in [-0.2, 0) is 32.3 Å². The number of aromatic nitrogens is 4. The molecule has 1 aliphatic rings. The first-order valence-corrected chi connectivity index (χ1v) is 19.9. The van der Waals surface area contributed by atoms with Gasteiger partial charge < -0.3 is 29.3 Å². The van der Waals surface area contributed by atoms with Crippen LogP contribution in [0.3, 0.4) is 0 Å². The molecule has 42 heavy (non-hydrogen) atoms. The molecule has 3 unspecified atom stereocenters. The number of nitrogens with two attached hydrogens (primary N) is 1. The summed E-state index contributed by atoms with van der Waals surface area (Å²) in [4.78, 5) is 25.2. The summed E-state index contributed by atoms with van der Waals surface area (Å²) in [6.45, 7) is 17.1. The molecular weight excluding hydrogens is 601 g/mol. The van der Waals surface area contributed by atoms with Gasteiger partial charge in [0.1, 0.15) is 35.6 Å². The number of imidazole rings is 1. The van der Waals surface area contributed by atoms with Gasteiger partial charge in [0.15, 0.2) is 26.0 Å². The zero-order chi connectivity index (χ0) is 31.7. The molecule has 0 aliphatic carbocycles. The molecule has 1 saturated heterocycles. The smallest absolute Gasteiger partial charge is 0.332 e. The van der Waals surface area contributed by atoms with E-state index in [4.69, 9.17) is 28.7 Å². The van der Waals surface area contributed by atoms with Crippen LogP contribution >= 0.6 is 19.4 Å². The number of ether oxygens (including phenoxy) is 2. The van der Waals surface area contributed by atoms with Crippen molar-refractivity contribution in [1.29, 1.82) is 0 Å². The Kier molecular flexibility index (Phi) is 11.0. The van der Waals surface area contributed by atoms with Gasteiger partial charge in [-0.05, 0) is 45.2 Å². The molecular formula is C26H46N5O8PSSi. The number of nitrogens with zero attached hydrogens (tertiary/aromatic N) is 4. The van der Waals surface area contributed by atoms with Crippen LogP contribution < -0.4 is 5.73 Å².